The van der Waals surface area contributed by atoms with Crippen LogP contribution in [0.15, 0.2) is 69.5 Å². The van der Waals surface area contributed by atoms with Crippen LogP contribution in [-0.4, -0.2) is 9.97 Å². The molecule has 0 fully saturated rings. The van der Waals surface area contributed by atoms with Gasteiger partial charge in [-0.15, -0.1) is 0 Å². The van der Waals surface area contributed by atoms with E-state index in [2.05, 4.69) is 9.97 Å². The molecule has 46 heavy (non-hydrogen) atoms. The van der Waals surface area contributed by atoms with E-state index in [-0.39, 0.29) is 66.3 Å². The van der Waals surface area contributed by atoms with Gasteiger partial charge in [-0.25, -0.2) is 9.97 Å². The molecule has 0 amide bonds. The molecular weight excluding hydrogens is 614 g/mol. The number of nitriles is 4. The molecule has 0 spiro atoms. The Hall–Kier alpha value is -6.64. The largest absolute Gasteiger partial charge is 0.434 e. The summed E-state index contributed by atoms with van der Waals surface area (Å²) in [6.07, 6.45) is -9.30. The third-order valence-corrected chi connectivity index (χ3v) is 7.03. The van der Waals surface area contributed by atoms with Crippen LogP contribution in [0.1, 0.15) is 11.1 Å². The van der Waals surface area contributed by atoms with E-state index in [0.717, 1.165) is 24.3 Å². The highest BCUT2D eigenvalue weighted by Gasteiger charge is 2.32. The number of hydrogen-bond donors (Lipinski definition) is 0. The summed E-state index contributed by atoms with van der Waals surface area (Å²) in [6.45, 7) is 0. The van der Waals surface area contributed by atoms with Crippen molar-refractivity contribution >= 4 is 44.1 Å². The smallest absolute Gasteiger partial charge is 0.416 e. The average molecular weight is 624 g/mol. The number of fused-ring (bicyclic) bond motifs is 3. The van der Waals surface area contributed by atoms with Gasteiger partial charge in [0.2, 0.25) is 11.1 Å². The molecule has 6 aromatic rings. The van der Waals surface area contributed by atoms with Crippen LogP contribution in [0, 0.1) is 45.3 Å². The van der Waals surface area contributed by atoms with Gasteiger partial charge in [0.15, 0.2) is 22.3 Å². The number of benzene rings is 4. The maximum atomic E-state index is 13.4. The van der Waals surface area contributed by atoms with Gasteiger partial charge in [0, 0.05) is 11.1 Å². The molecular formula is C32H10F6N6O2. The van der Waals surface area contributed by atoms with Gasteiger partial charge >= 0.3 is 12.4 Å². The minimum atomic E-state index is -4.65. The fraction of sp³-hybridized carbons (Fsp3) is 0.0625. The van der Waals surface area contributed by atoms with E-state index in [9.17, 15) is 47.4 Å². The molecule has 6 rings (SSSR count). The number of hydrogen-bond acceptors (Lipinski definition) is 8. The molecule has 2 heterocycles. The molecule has 0 bridgehead atoms. The summed E-state index contributed by atoms with van der Waals surface area (Å²) < 4.78 is 92.1. The van der Waals surface area contributed by atoms with Crippen molar-refractivity contribution in [1.82, 2.24) is 9.97 Å². The number of halogens is 6. The van der Waals surface area contributed by atoms with Crippen molar-refractivity contribution in [3.8, 4) is 46.5 Å². The Morgan fingerprint density at radius 2 is 0.870 bits per heavy atom. The van der Waals surface area contributed by atoms with Crippen LogP contribution >= 0.6 is 0 Å². The van der Waals surface area contributed by atoms with Gasteiger partial charge in [-0.3, -0.25) is 0 Å². The summed E-state index contributed by atoms with van der Waals surface area (Å²) in [5.74, 6) is 0. The highest BCUT2D eigenvalue weighted by Crippen LogP contribution is 2.44. The Balaban J connectivity index is 1.83. The fourth-order valence-electron chi connectivity index (χ4n) is 4.99. The van der Waals surface area contributed by atoms with Gasteiger partial charge in [0.25, 0.3) is 0 Å². The number of oxazole rings is 2. The Bertz CT molecular complexity index is 2320. The Labute approximate surface area is 252 Å². The average Bonchev–Trinajstić information content (AvgIpc) is 3.63. The van der Waals surface area contributed by atoms with Crippen LogP contribution in [0.3, 0.4) is 0 Å². The van der Waals surface area contributed by atoms with Crippen molar-refractivity contribution < 1.29 is 35.2 Å². The minimum Gasteiger partial charge on any atom is -0.434 e. The molecule has 0 saturated heterocycles. The molecule has 8 nitrogen and oxygen atoms in total. The second-order valence-electron chi connectivity index (χ2n) is 9.68. The van der Waals surface area contributed by atoms with E-state index in [1.807, 2.05) is 0 Å². The van der Waals surface area contributed by atoms with Crippen molar-refractivity contribution in [3.05, 3.63) is 82.9 Å². The Morgan fingerprint density at radius 1 is 0.543 bits per heavy atom. The summed E-state index contributed by atoms with van der Waals surface area (Å²) >= 11 is 0. The van der Waals surface area contributed by atoms with E-state index in [1.54, 1.807) is 24.3 Å². The fourth-order valence-corrected chi connectivity index (χ4v) is 4.99. The van der Waals surface area contributed by atoms with Crippen LogP contribution in [0.2, 0.25) is 0 Å². The van der Waals surface area contributed by atoms with Crippen molar-refractivity contribution in [1.29, 1.82) is 21.0 Å². The van der Waals surface area contributed by atoms with Gasteiger partial charge in [-0.05, 0) is 58.3 Å². The lowest BCUT2D eigenvalue weighted by molar-refractivity contribution is -0.138. The summed E-state index contributed by atoms with van der Waals surface area (Å²) in [5.41, 5.74) is -2.87. The zero-order valence-electron chi connectivity index (χ0n) is 22.5. The number of nitrogens with zero attached hydrogens (tertiary/aromatic N) is 6. The zero-order chi connectivity index (χ0) is 33.0. The summed E-state index contributed by atoms with van der Waals surface area (Å²) in [5, 5.41) is 38.1. The molecule has 222 valence electrons. The SMILES string of the molecule is N#CC(C#N)=c1nc2cc3c(-c4ccc(C(F)(F)F)cc4)c4oc(=C(C#N)C#N)nc4cc3c(-c3ccc(C(F)(F)F)cc3)c2o1. The van der Waals surface area contributed by atoms with E-state index in [4.69, 9.17) is 8.83 Å². The van der Waals surface area contributed by atoms with Crippen LogP contribution in [-0.2, 0) is 12.4 Å². The van der Waals surface area contributed by atoms with Crippen LogP contribution in [0.5, 0.6) is 0 Å². The third kappa shape index (κ3) is 4.81. The number of aromatic nitrogens is 2. The summed E-state index contributed by atoms with van der Waals surface area (Å²) in [6, 6.07) is 17.6. The van der Waals surface area contributed by atoms with Crippen molar-refractivity contribution in [2.75, 3.05) is 0 Å². The van der Waals surface area contributed by atoms with Crippen LogP contribution < -0.4 is 11.1 Å². The zero-order valence-corrected chi connectivity index (χ0v) is 22.5. The normalized spacial score (nSPS) is 11.6. The highest BCUT2D eigenvalue weighted by molar-refractivity contribution is 6.19. The highest BCUT2D eigenvalue weighted by atomic mass is 19.4. The quantitative estimate of drug-likeness (QED) is 0.189. The molecule has 0 aliphatic rings. The topological polar surface area (TPSA) is 147 Å². The minimum absolute atomic E-state index is 0.0204. The summed E-state index contributed by atoms with van der Waals surface area (Å²) in [4.78, 5) is 8.51. The lowest BCUT2D eigenvalue weighted by Crippen LogP contribution is -2.04. The first-order valence-electron chi connectivity index (χ1n) is 12.8. The maximum Gasteiger partial charge on any atom is 0.416 e. The van der Waals surface area contributed by atoms with Crippen molar-refractivity contribution in [2.24, 2.45) is 0 Å². The molecule has 0 aliphatic carbocycles. The first kappa shape index (κ1) is 29.4. The molecule has 0 saturated carbocycles. The molecule has 0 N–H and O–H groups in total. The lowest BCUT2D eigenvalue weighted by Gasteiger charge is -2.14. The summed E-state index contributed by atoms with van der Waals surface area (Å²) in [7, 11) is 0. The van der Waals surface area contributed by atoms with Gasteiger partial charge in [-0.2, -0.15) is 47.4 Å². The van der Waals surface area contributed by atoms with Crippen molar-refractivity contribution in [3.63, 3.8) is 0 Å². The lowest BCUT2D eigenvalue weighted by atomic mass is 9.90. The molecule has 2 aromatic heterocycles. The number of alkyl halides is 6. The molecule has 0 radical (unpaired) electrons. The molecule has 0 atom stereocenters. The van der Waals surface area contributed by atoms with Crippen LogP contribution in [0.4, 0.5) is 26.3 Å². The van der Waals surface area contributed by atoms with E-state index in [1.165, 1.54) is 36.4 Å². The van der Waals surface area contributed by atoms with E-state index >= 15 is 0 Å². The van der Waals surface area contributed by atoms with E-state index < -0.39 is 34.6 Å². The second kappa shape index (κ2) is 10.5. The first-order valence-corrected chi connectivity index (χ1v) is 12.8. The van der Waals surface area contributed by atoms with E-state index in [0.29, 0.717) is 0 Å². The predicted octanol–water partition coefficient (Wildman–Crippen LogP) is 6.89. The van der Waals surface area contributed by atoms with Crippen molar-refractivity contribution in [2.45, 2.75) is 12.4 Å². The molecule has 14 heteroatoms. The molecule has 0 unspecified atom stereocenters. The molecule has 0 aliphatic heterocycles. The Morgan fingerprint density at radius 3 is 1.15 bits per heavy atom. The maximum absolute atomic E-state index is 13.4. The Kier molecular flexibility index (Phi) is 6.73. The number of rotatable bonds is 2. The van der Waals surface area contributed by atoms with Gasteiger partial charge < -0.3 is 8.83 Å². The standard InChI is InChI=1S/C32H10F6N6O2/c33-31(34,35)19-5-1-15(2-6-19)25-21-9-24-28(46-30(44-24)18(13-41)14-42)26(16-3-7-20(8-4-16)32(36,37)38)22(21)10-23-27(25)45-29(43-23)17(11-39)12-40/h1-10H. The van der Waals surface area contributed by atoms with Gasteiger partial charge in [0.1, 0.15) is 35.3 Å². The second-order valence-corrected chi connectivity index (χ2v) is 9.68. The predicted molar refractivity (Wildman–Crippen MR) is 148 cm³/mol. The van der Waals surface area contributed by atoms with Gasteiger partial charge in [0.05, 0.1) is 11.1 Å². The monoisotopic (exact) mass is 624 g/mol. The third-order valence-electron chi connectivity index (χ3n) is 7.03. The molecule has 4 aromatic carbocycles. The van der Waals surface area contributed by atoms with Gasteiger partial charge in [-0.1, -0.05) is 24.3 Å². The van der Waals surface area contributed by atoms with Crippen LogP contribution in [0.25, 0.3) is 66.4 Å². The first-order chi connectivity index (χ1) is 21.9.